The number of phenolic OH excluding ortho intramolecular Hbond substituents is 2. The lowest BCUT2D eigenvalue weighted by molar-refractivity contribution is 0.150. The maximum Gasteiger partial charge on any atom is 0.519 e. The minimum Gasteiger partial charge on any atom is -0.508 e. The van der Waals surface area contributed by atoms with Crippen LogP contribution >= 0.6 is 0 Å². The zero-order chi connectivity index (χ0) is 61.8. The number of ether oxygens (including phenoxy) is 8. The van der Waals surface area contributed by atoms with Crippen molar-refractivity contribution in [3.05, 3.63) is 300 Å². The molecule has 0 radical (unpaired) electrons. The highest BCUT2D eigenvalue weighted by molar-refractivity contribution is 5.69. The maximum atomic E-state index is 12.4. The van der Waals surface area contributed by atoms with E-state index in [-0.39, 0.29) is 27.7 Å². The molecule has 0 aromatic heterocycles. The first-order valence-electron chi connectivity index (χ1n) is 27.6. The van der Waals surface area contributed by atoms with Crippen molar-refractivity contribution in [2.45, 2.75) is 57.8 Å². The maximum absolute atomic E-state index is 12.4. The minimum atomic E-state index is -0.814. The number of benzene rings is 10. The normalized spacial score (nSPS) is 10.9. The van der Waals surface area contributed by atoms with Gasteiger partial charge in [0.15, 0.2) is 0 Å². The Hall–Kier alpha value is -11.1. The molecule has 0 heterocycles. The monoisotopic (exact) mass is 1160 g/mol. The van der Waals surface area contributed by atoms with Gasteiger partial charge in [-0.05, 0) is 155 Å². The Morgan fingerprint density at radius 1 is 0.218 bits per heavy atom. The van der Waals surface area contributed by atoms with Gasteiger partial charge in [-0.1, -0.05) is 187 Å². The van der Waals surface area contributed by atoms with Gasteiger partial charge in [0.2, 0.25) is 0 Å². The lowest BCUT2D eigenvalue weighted by atomic mass is 9.78. The number of para-hydroxylation sites is 4. The van der Waals surface area contributed by atoms with Crippen LogP contribution < -0.4 is 37.9 Å². The Morgan fingerprint density at radius 2 is 0.356 bits per heavy atom. The average molecular weight is 1170 g/mol. The Bertz CT molecular complexity index is 3550. The van der Waals surface area contributed by atoms with Gasteiger partial charge in [-0.25, -0.2) is 19.2 Å². The molecule has 0 saturated heterocycles. The lowest BCUT2D eigenvalue weighted by Crippen LogP contribution is -2.19. The lowest BCUT2D eigenvalue weighted by Gasteiger charge is -2.26. The number of phenols is 2. The fourth-order valence-electron chi connectivity index (χ4n) is 8.82. The van der Waals surface area contributed by atoms with Crippen molar-refractivity contribution in [2.75, 3.05) is 0 Å². The van der Waals surface area contributed by atoms with Crippen LogP contribution in [0.4, 0.5) is 19.2 Å². The molecule has 0 saturated carbocycles. The number of aromatic hydroxyl groups is 2. The Balaban J connectivity index is 0.000000181. The van der Waals surface area contributed by atoms with Crippen LogP contribution in [0.25, 0.3) is 0 Å². The van der Waals surface area contributed by atoms with Gasteiger partial charge in [-0.2, -0.15) is 0 Å². The molecular formula is C73H64O14. The third-order valence-electron chi connectivity index (χ3n) is 14.1. The predicted octanol–water partition coefficient (Wildman–Crippen LogP) is 17.8. The second-order valence-electron chi connectivity index (χ2n) is 21.1. The summed E-state index contributed by atoms with van der Waals surface area (Å²) in [4.78, 5) is 47.7. The first kappa shape index (κ1) is 61.9. The van der Waals surface area contributed by atoms with Crippen molar-refractivity contribution >= 4 is 24.6 Å². The minimum absolute atomic E-state index is 0.229. The number of rotatable bonds is 14. The molecule has 0 unspecified atom stereocenters. The van der Waals surface area contributed by atoms with Gasteiger partial charge in [0.05, 0.1) is 0 Å². The summed E-state index contributed by atoms with van der Waals surface area (Å²) in [5.41, 5.74) is 5.30. The highest BCUT2D eigenvalue weighted by Gasteiger charge is 2.26. The van der Waals surface area contributed by atoms with E-state index in [1.54, 1.807) is 170 Å². The summed E-state index contributed by atoms with van der Waals surface area (Å²) in [5.74, 6) is 3.74. The number of carbonyl (C=O) groups is 4. The second-order valence-corrected chi connectivity index (χ2v) is 21.1. The Kier molecular flexibility index (Phi) is 20.6. The van der Waals surface area contributed by atoms with Gasteiger partial charge >= 0.3 is 24.6 Å². The molecule has 0 amide bonds. The number of hydrogen-bond acceptors (Lipinski definition) is 14. The topological polar surface area (TPSA) is 183 Å². The molecule has 0 bridgehead atoms. The van der Waals surface area contributed by atoms with Gasteiger partial charge in [-0.3, -0.25) is 0 Å². The molecule has 2 N–H and O–H groups in total. The summed E-state index contributed by atoms with van der Waals surface area (Å²) in [6.07, 6.45) is -3.15. The third-order valence-corrected chi connectivity index (χ3v) is 14.1. The molecule has 440 valence electrons. The molecule has 14 heteroatoms. The van der Waals surface area contributed by atoms with Gasteiger partial charge in [0, 0.05) is 16.2 Å². The third kappa shape index (κ3) is 17.9. The first-order valence-corrected chi connectivity index (χ1v) is 27.6. The van der Waals surface area contributed by atoms with E-state index in [1.807, 2.05) is 97.1 Å². The summed E-state index contributed by atoms with van der Waals surface area (Å²) in [6, 6.07) is 78.4. The molecule has 0 atom stereocenters. The molecule has 10 aromatic carbocycles. The van der Waals surface area contributed by atoms with Crippen LogP contribution in [0, 0.1) is 0 Å². The highest BCUT2D eigenvalue weighted by Crippen LogP contribution is 2.36. The molecule has 10 aromatic rings. The fraction of sp³-hybridized carbons (Fsp3) is 0.123. The van der Waals surface area contributed by atoms with E-state index in [9.17, 15) is 29.4 Å². The second kappa shape index (κ2) is 28.9. The van der Waals surface area contributed by atoms with E-state index in [4.69, 9.17) is 37.9 Å². The fourth-order valence-corrected chi connectivity index (χ4v) is 8.82. The van der Waals surface area contributed by atoms with E-state index in [0.717, 1.165) is 33.4 Å². The number of carbonyl (C=O) groups excluding carboxylic acids is 4. The Morgan fingerprint density at radius 3 is 0.517 bits per heavy atom. The van der Waals surface area contributed by atoms with Crippen molar-refractivity contribution < 1.29 is 67.3 Å². The molecule has 0 aliphatic heterocycles. The molecule has 0 spiro atoms. The zero-order valence-corrected chi connectivity index (χ0v) is 48.7. The SMILES string of the molecule is CC(C)(c1ccc(O)cc1)c1ccc(OC(=O)Oc2ccc(C(C)(C)c3ccc(O)cc3)cc2)cc1.CC(C)(c1ccc(OC(=O)Oc2ccccc2)cc1)c1ccc(OC(=O)Oc2ccccc2)cc1.O=C(Oc1ccccc1)Oc1ccccc1. The van der Waals surface area contributed by atoms with Gasteiger partial charge in [-0.15, -0.1) is 0 Å². The number of hydrogen-bond donors (Lipinski definition) is 2. The van der Waals surface area contributed by atoms with Crippen molar-refractivity contribution in [3.63, 3.8) is 0 Å². The highest BCUT2D eigenvalue weighted by atomic mass is 16.7. The summed E-state index contributed by atoms with van der Waals surface area (Å²) < 4.78 is 41.5. The van der Waals surface area contributed by atoms with E-state index in [1.165, 1.54) is 0 Å². The predicted molar refractivity (Wildman–Crippen MR) is 331 cm³/mol. The summed E-state index contributed by atoms with van der Waals surface area (Å²) >= 11 is 0. The quantitative estimate of drug-likeness (QED) is 0.0774. The summed E-state index contributed by atoms with van der Waals surface area (Å²) in [7, 11) is 0. The van der Waals surface area contributed by atoms with Crippen molar-refractivity contribution in [1.29, 1.82) is 0 Å². The van der Waals surface area contributed by atoms with E-state index in [0.29, 0.717) is 46.0 Å². The molecule has 14 nitrogen and oxygen atoms in total. The van der Waals surface area contributed by atoms with E-state index >= 15 is 0 Å². The molecule has 0 aliphatic carbocycles. The van der Waals surface area contributed by atoms with Crippen LogP contribution in [-0.2, 0) is 16.2 Å². The molecule has 0 aliphatic rings. The standard InChI is InChI=1S/C31H30O5.C29H24O6.C13H10O3/c1-30(2,21-5-13-25(32)14-6-21)23-9-17-27(18-10-23)35-29(34)36-28-19-11-24(12-20-28)31(3,4)22-7-15-26(33)16-8-22;1-29(2,21-13-17-25(18-14-21)34-27(30)32-23-9-5-3-6-10-23)22-15-19-26(20-16-22)35-28(31)33-24-11-7-4-8-12-24;14-13(15-11-7-3-1-4-8-11)16-12-9-5-2-6-10-12/h5-20,32-33H,1-4H3;3-20H,1-2H3;1-10H. The Labute approximate surface area is 505 Å². The largest absolute Gasteiger partial charge is 0.519 e. The van der Waals surface area contributed by atoms with Gasteiger partial charge < -0.3 is 48.1 Å². The van der Waals surface area contributed by atoms with Gasteiger partial charge in [0.25, 0.3) is 0 Å². The molecular weight excluding hydrogens is 1100 g/mol. The van der Waals surface area contributed by atoms with Crippen LogP contribution in [0.15, 0.2) is 267 Å². The molecule has 0 fully saturated rings. The van der Waals surface area contributed by atoms with Crippen molar-refractivity contribution in [2.24, 2.45) is 0 Å². The average Bonchev–Trinajstić information content (AvgIpc) is 3.16. The summed E-state index contributed by atoms with van der Waals surface area (Å²) in [6.45, 7) is 12.5. The molecule has 10 rings (SSSR count). The van der Waals surface area contributed by atoms with Crippen LogP contribution in [0.1, 0.15) is 74.9 Å². The van der Waals surface area contributed by atoms with Crippen molar-refractivity contribution in [3.8, 4) is 57.5 Å². The first-order chi connectivity index (χ1) is 41.8. The zero-order valence-electron chi connectivity index (χ0n) is 48.7. The van der Waals surface area contributed by atoms with Gasteiger partial charge in [0.1, 0.15) is 57.5 Å². The van der Waals surface area contributed by atoms with Crippen LogP contribution in [-0.4, -0.2) is 34.8 Å². The van der Waals surface area contributed by atoms with E-state index in [2.05, 4.69) is 41.5 Å². The van der Waals surface area contributed by atoms with Crippen LogP contribution in [0.5, 0.6) is 57.5 Å². The smallest absolute Gasteiger partial charge is 0.508 e. The summed E-state index contributed by atoms with van der Waals surface area (Å²) in [5, 5.41) is 19.1. The van der Waals surface area contributed by atoms with Crippen LogP contribution in [0.2, 0.25) is 0 Å². The van der Waals surface area contributed by atoms with Crippen molar-refractivity contribution in [1.82, 2.24) is 0 Å². The van der Waals surface area contributed by atoms with Crippen LogP contribution in [0.3, 0.4) is 0 Å². The molecule has 87 heavy (non-hydrogen) atoms. The van der Waals surface area contributed by atoms with E-state index < -0.39 is 24.6 Å².